The minimum atomic E-state index is -0.301. The number of rotatable bonds is 3. The molecule has 0 saturated carbocycles. The smallest absolute Gasteiger partial charge is 0.160 e. The van der Waals surface area contributed by atoms with Crippen LogP contribution in [-0.4, -0.2) is 10.8 Å². The lowest BCUT2D eigenvalue weighted by atomic mass is 9.60. The predicted octanol–water partition coefficient (Wildman–Crippen LogP) is 5.33. The molecule has 4 rings (SSSR count). The van der Waals surface area contributed by atoms with Crippen LogP contribution in [-0.2, 0) is 16.6 Å². The van der Waals surface area contributed by atoms with E-state index >= 15 is 0 Å². The van der Waals surface area contributed by atoms with E-state index in [1.54, 1.807) is 11.3 Å². The van der Waals surface area contributed by atoms with Gasteiger partial charge in [0.15, 0.2) is 5.78 Å². The zero-order valence-corrected chi connectivity index (χ0v) is 16.0. The highest BCUT2D eigenvalue weighted by molar-refractivity contribution is 7.10. The first kappa shape index (κ1) is 16.7. The molecule has 0 spiro atoms. The molecule has 0 fully saturated rings. The quantitative estimate of drug-likeness (QED) is 0.748. The predicted molar refractivity (Wildman–Crippen MR) is 103 cm³/mol. The lowest BCUT2D eigenvalue weighted by Crippen LogP contribution is -2.41. The number of benzene rings is 1. The number of nitrogens with zero attached hydrogens (tertiary/aromatic N) is 1. The fourth-order valence-corrected chi connectivity index (χ4v) is 5.91. The van der Waals surface area contributed by atoms with Crippen LogP contribution >= 0.6 is 11.3 Å². The largest absolute Gasteiger partial charge is 0.294 e. The van der Waals surface area contributed by atoms with Crippen molar-refractivity contribution in [3.63, 3.8) is 0 Å². The monoisotopic (exact) mass is 351 g/mol. The Morgan fingerprint density at radius 3 is 2.68 bits per heavy atom. The van der Waals surface area contributed by atoms with Crippen LogP contribution in [0.4, 0.5) is 0 Å². The van der Waals surface area contributed by atoms with Crippen molar-refractivity contribution in [3.05, 3.63) is 63.1 Å². The standard InChI is InChI=1S/C22H25NOS/c1-4-22(17-8-6-5-7-9-17)20-16(11-18-21(22)25-13-23-18)10-15(14(2)3)12-19(20)24/h5-9,13-15H,4,10-12H2,1-3H3/t15-,22-/m0/s1. The van der Waals surface area contributed by atoms with Gasteiger partial charge >= 0.3 is 0 Å². The Morgan fingerprint density at radius 2 is 2.00 bits per heavy atom. The van der Waals surface area contributed by atoms with Gasteiger partial charge in [0.2, 0.25) is 0 Å². The van der Waals surface area contributed by atoms with Gasteiger partial charge in [-0.2, -0.15) is 0 Å². The molecule has 1 aromatic heterocycles. The van der Waals surface area contributed by atoms with Crippen molar-refractivity contribution in [2.24, 2.45) is 11.8 Å². The molecule has 25 heavy (non-hydrogen) atoms. The Kier molecular flexibility index (Phi) is 4.15. The van der Waals surface area contributed by atoms with Crippen LogP contribution in [0.5, 0.6) is 0 Å². The first-order valence-corrected chi connectivity index (χ1v) is 10.2. The molecule has 1 aromatic carbocycles. The highest BCUT2D eigenvalue weighted by Crippen LogP contribution is 2.53. The van der Waals surface area contributed by atoms with Crippen molar-refractivity contribution in [2.75, 3.05) is 0 Å². The summed E-state index contributed by atoms with van der Waals surface area (Å²) in [6.45, 7) is 6.70. The molecule has 0 unspecified atom stereocenters. The maximum absolute atomic E-state index is 13.3. The molecule has 2 aliphatic carbocycles. The normalized spacial score (nSPS) is 25.9. The SMILES string of the molecule is CC[C@]1(c2ccccc2)C2=C(Cc3ncsc31)C[C@H](C(C)C)CC2=O. The number of carbonyl (C=O) groups is 1. The maximum Gasteiger partial charge on any atom is 0.160 e. The summed E-state index contributed by atoms with van der Waals surface area (Å²) >= 11 is 1.72. The fourth-order valence-electron chi connectivity index (χ4n) is 4.80. The minimum absolute atomic E-state index is 0.301. The maximum atomic E-state index is 13.3. The van der Waals surface area contributed by atoms with Gasteiger partial charge in [0.25, 0.3) is 0 Å². The van der Waals surface area contributed by atoms with Crippen molar-refractivity contribution in [1.29, 1.82) is 0 Å². The Morgan fingerprint density at radius 1 is 1.24 bits per heavy atom. The van der Waals surface area contributed by atoms with Crippen LogP contribution < -0.4 is 0 Å². The van der Waals surface area contributed by atoms with Crippen LogP contribution in [0.25, 0.3) is 0 Å². The van der Waals surface area contributed by atoms with Crippen LogP contribution in [0, 0.1) is 11.8 Å². The van der Waals surface area contributed by atoms with E-state index in [1.165, 1.54) is 21.7 Å². The first-order chi connectivity index (χ1) is 12.1. The number of hydrogen-bond donors (Lipinski definition) is 0. The zero-order chi connectivity index (χ0) is 17.6. The van der Waals surface area contributed by atoms with Crippen LogP contribution in [0.15, 0.2) is 47.0 Å². The van der Waals surface area contributed by atoms with Gasteiger partial charge in [0.05, 0.1) is 16.6 Å². The molecule has 130 valence electrons. The number of ketones is 1. The lowest BCUT2D eigenvalue weighted by molar-refractivity contribution is -0.118. The van der Waals surface area contributed by atoms with E-state index in [-0.39, 0.29) is 5.41 Å². The van der Waals surface area contributed by atoms with Crippen LogP contribution in [0.1, 0.15) is 56.2 Å². The van der Waals surface area contributed by atoms with Gasteiger partial charge in [-0.1, -0.05) is 56.7 Å². The topological polar surface area (TPSA) is 30.0 Å². The van der Waals surface area contributed by atoms with Gasteiger partial charge in [-0.3, -0.25) is 4.79 Å². The van der Waals surface area contributed by atoms with Gasteiger partial charge in [-0.05, 0) is 30.2 Å². The summed E-state index contributed by atoms with van der Waals surface area (Å²) in [5.41, 5.74) is 6.53. The molecule has 0 amide bonds. The molecule has 2 atom stereocenters. The Bertz CT molecular complexity index is 833. The van der Waals surface area contributed by atoms with E-state index in [1.807, 2.05) is 5.51 Å². The molecule has 3 heteroatoms. The Balaban J connectivity index is 1.96. The average Bonchev–Trinajstić information content (AvgIpc) is 3.09. The summed E-state index contributed by atoms with van der Waals surface area (Å²) in [7, 11) is 0. The summed E-state index contributed by atoms with van der Waals surface area (Å²) in [6.07, 6.45) is 3.50. The van der Waals surface area contributed by atoms with Gasteiger partial charge in [-0.25, -0.2) is 4.98 Å². The highest BCUT2D eigenvalue weighted by atomic mass is 32.1. The number of aromatic nitrogens is 1. The third kappa shape index (κ3) is 2.43. The molecule has 0 N–H and O–H groups in total. The van der Waals surface area contributed by atoms with Crippen molar-refractivity contribution < 1.29 is 4.79 Å². The third-order valence-corrected chi connectivity index (χ3v) is 7.20. The van der Waals surface area contributed by atoms with E-state index in [0.717, 1.165) is 24.8 Å². The second-order valence-corrected chi connectivity index (χ2v) is 8.60. The molecule has 1 heterocycles. The molecule has 0 radical (unpaired) electrons. The number of Topliss-reactive ketones (excluding diaryl/α,β-unsaturated/α-hetero) is 1. The number of hydrogen-bond acceptors (Lipinski definition) is 3. The Hall–Kier alpha value is -1.74. The van der Waals surface area contributed by atoms with Crippen molar-refractivity contribution >= 4 is 17.1 Å². The summed E-state index contributed by atoms with van der Waals surface area (Å²) in [5, 5.41) is 0. The lowest BCUT2D eigenvalue weighted by Gasteiger charge is -2.43. The fraction of sp³-hybridized carbons (Fsp3) is 0.455. The average molecular weight is 352 g/mol. The highest BCUT2D eigenvalue weighted by Gasteiger charge is 2.48. The second kappa shape index (κ2) is 6.21. The molecular formula is C22H25NOS. The first-order valence-electron chi connectivity index (χ1n) is 9.32. The van der Waals surface area contributed by atoms with Crippen molar-refractivity contribution in [2.45, 2.75) is 51.9 Å². The molecule has 0 bridgehead atoms. The van der Waals surface area contributed by atoms with E-state index in [9.17, 15) is 4.79 Å². The molecule has 0 saturated heterocycles. The number of fused-ring (bicyclic) bond motifs is 1. The van der Waals surface area contributed by atoms with E-state index < -0.39 is 0 Å². The van der Waals surface area contributed by atoms with Gasteiger partial charge in [0.1, 0.15) is 0 Å². The molecular weight excluding hydrogens is 326 g/mol. The third-order valence-electron chi connectivity index (χ3n) is 6.16. The second-order valence-electron chi connectivity index (χ2n) is 7.74. The summed E-state index contributed by atoms with van der Waals surface area (Å²) in [4.78, 5) is 19.3. The minimum Gasteiger partial charge on any atom is -0.294 e. The summed E-state index contributed by atoms with van der Waals surface area (Å²) in [5.74, 6) is 1.38. The molecule has 0 aliphatic heterocycles. The van der Waals surface area contributed by atoms with Crippen LogP contribution in [0.3, 0.4) is 0 Å². The van der Waals surface area contributed by atoms with Crippen molar-refractivity contribution in [3.8, 4) is 0 Å². The Labute approximate surface area is 154 Å². The number of carbonyl (C=O) groups excluding carboxylic acids is 1. The van der Waals surface area contributed by atoms with E-state index in [0.29, 0.717) is 24.0 Å². The molecule has 2 nitrogen and oxygen atoms in total. The van der Waals surface area contributed by atoms with Gasteiger partial charge in [0, 0.05) is 23.3 Å². The van der Waals surface area contributed by atoms with Crippen molar-refractivity contribution in [1.82, 2.24) is 4.98 Å². The molecule has 2 aliphatic rings. The molecule has 2 aromatic rings. The van der Waals surface area contributed by atoms with Crippen LogP contribution in [0.2, 0.25) is 0 Å². The van der Waals surface area contributed by atoms with Gasteiger partial charge in [-0.15, -0.1) is 11.3 Å². The van der Waals surface area contributed by atoms with E-state index in [4.69, 9.17) is 0 Å². The number of thiazole rings is 1. The van der Waals surface area contributed by atoms with Gasteiger partial charge < -0.3 is 0 Å². The zero-order valence-electron chi connectivity index (χ0n) is 15.2. The van der Waals surface area contributed by atoms with E-state index in [2.05, 4.69) is 56.1 Å². The number of allylic oxidation sites excluding steroid dienone is 2. The summed E-state index contributed by atoms with van der Waals surface area (Å²) < 4.78 is 0. The summed E-state index contributed by atoms with van der Waals surface area (Å²) in [6, 6.07) is 10.6.